The standard InChI is InChI=1S/C29H33F2N5O.C2H6/c1-17-8-18(9-17)10-20-11-22(13-26-27(20)35(4)29(37)34(26)3)36-7-5-6-19-12-23(21-15-32-33(2)16-21)24(28(30)31)14-25(19)36;1-2/h11-18,28H,5-10H2,1-4H3;1-2H3. The van der Waals surface area contributed by atoms with Gasteiger partial charge >= 0.3 is 5.69 Å². The number of fused-ring (bicyclic) bond motifs is 2. The monoisotopic (exact) mass is 535 g/mol. The van der Waals surface area contributed by atoms with Gasteiger partial charge in [-0.05, 0) is 84.9 Å². The molecular weight excluding hydrogens is 496 g/mol. The van der Waals surface area contributed by atoms with Crippen molar-refractivity contribution in [2.75, 3.05) is 11.4 Å². The summed E-state index contributed by atoms with van der Waals surface area (Å²) in [5.74, 6) is 1.36. The Morgan fingerprint density at radius 2 is 1.79 bits per heavy atom. The van der Waals surface area contributed by atoms with E-state index in [-0.39, 0.29) is 11.3 Å². The van der Waals surface area contributed by atoms with Gasteiger partial charge in [0, 0.05) is 56.4 Å². The highest BCUT2D eigenvalue weighted by Crippen LogP contribution is 2.43. The van der Waals surface area contributed by atoms with Gasteiger partial charge in [0.25, 0.3) is 6.43 Å². The minimum Gasteiger partial charge on any atom is -0.341 e. The molecule has 2 aromatic heterocycles. The SMILES string of the molecule is CC.CC1CC(Cc2cc(N3CCCc4cc(-c5cnn(C)c5)c(C(F)F)cc43)cc3c2n(C)c(=O)n3C)C1. The summed E-state index contributed by atoms with van der Waals surface area (Å²) >= 11 is 0. The van der Waals surface area contributed by atoms with Crippen molar-refractivity contribution in [1.82, 2.24) is 18.9 Å². The second kappa shape index (κ2) is 10.6. The predicted octanol–water partition coefficient (Wildman–Crippen LogP) is 6.91. The molecule has 0 atom stereocenters. The Balaban J connectivity index is 0.00000151. The maximum absolute atomic E-state index is 14.3. The average molecular weight is 536 g/mol. The van der Waals surface area contributed by atoms with E-state index in [1.807, 2.05) is 34.0 Å². The zero-order valence-electron chi connectivity index (χ0n) is 23.8. The molecule has 1 aliphatic heterocycles. The van der Waals surface area contributed by atoms with E-state index in [0.717, 1.165) is 65.3 Å². The van der Waals surface area contributed by atoms with Crippen molar-refractivity contribution in [2.45, 2.75) is 59.3 Å². The lowest BCUT2D eigenvalue weighted by molar-refractivity contribution is 0.152. The molecule has 0 saturated heterocycles. The van der Waals surface area contributed by atoms with E-state index < -0.39 is 6.43 Å². The summed E-state index contributed by atoms with van der Waals surface area (Å²) in [4.78, 5) is 15.0. The summed E-state index contributed by atoms with van der Waals surface area (Å²) in [6.07, 6.45) is 5.92. The van der Waals surface area contributed by atoms with Crippen LogP contribution in [0.5, 0.6) is 0 Å². The second-order valence-corrected chi connectivity index (χ2v) is 11.0. The molecule has 3 heterocycles. The van der Waals surface area contributed by atoms with Crippen molar-refractivity contribution in [2.24, 2.45) is 33.0 Å². The number of aryl methyl sites for hydroxylation is 4. The fourth-order valence-electron chi connectivity index (χ4n) is 6.49. The van der Waals surface area contributed by atoms with Gasteiger partial charge in [-0.3, -0.25) is 13.8 Å². The first-order valence-corrected chi connectivity index (χ1v) is 14.1. The van der Waals surface area contributed by atoms with Gasteiger partial charge in [0.05, 0.1) is 17.2 Å². The van der Waals surface area contributed by atoms with Gasteiger partial charge in [-0.15, -0.1) is 0 Å². The van der Waals surface area contributed by atoms with Crippen molar-refractivity contribution >= 4 is 22.4 Å². The number of benzene rings is 2. The van der Waals surface area contributed by atoms with Crippen molar-refractivity contribution in [3.63, 3.8) is 0 Å². The van der Waals surface area contributed by atoms with Crippen LogP contribution in [-0.2, 0) is 34.0 Å². The molecule has 6 rings (SSSR count). The number of imidazole rings is 1. The molecule has 8 heteroatoms. The van der Waals surface area contributed by atoms with E-state index in [1.165, 1.54) is 12.8 Å². The van der Waals surface area contributed by atoms with E-state index in [0.29, 0.717) is 17.0 Å². The number of rotatable bonds is 5. The number of hydrogen-bond donors (Lipinski definition) is 0. The summed E-state index contributed by atoms with van der Waals surface area (Å²) in [6.45, 7) is 7.03. The third-order valence-electron chi connectivity index (χ3n) is 8.34. The Morgan fingerprint density at radius 1 is 1.05 bits per heavy atom. The van der Waals surface area contributed by atoms with Crippen molar-refractivity contribution in [1.29, 1.82) is 0 Å². The van der Waals surface area contributed by atoms with E-state index in [9.17, 15) is 13.6 Å². The largest absolute Gasteiger partial charge is 0.341 e. The smallest absolute Gasteiger partial charge is 0.328 e. The molecule has 0 amide bonds. The van der Waals surface area contributed by atoms with Crippen LogP contribution >= 0.6 is 0 Å². The van der Waals surface area contributed by atoms with Gasteiger partial charge in [-0.25, -0.2) is 13.6 Å². The second-order valence-electron chi connectivity index (χ2n) is 11.0. The van der Waals surface area contributed by atoms with E-state index in [4.69, 9.17) is 0 Å². The Morgan fingerprint density at radius 3 is 2.44 bits per heavy atom. The summed E-state index contributed by atoms with van der Waals surface area (Å²) < 4.78 is 33.7. The number of aromatic nitrogens is 4. The first-order chi connectivity index (χ1) is 18.7. The Labute approximate surface area is 228 Å². The van der Waals surface area contributed by atoms with Crippen LogP contribution in [0.15, 0.2) is 41.5 Å². The van der Waals surface area contributed by atoms with E-state index >= 15 is 0 Å². The fraction of sp³-hybridized carbons (Fsp3) is 0.484. The molecule has 4 aromatic rings. The first-order valence-electron chi connectivity index (χ1n) is 14.1. The molecule has 1 fully saturated rings. The molecule has 0 spiro atoms. The van der Waals surface area contributed by atoms with Gasteiger partial charge < -0.3 is 4.90 Å². The topological polar surface area (TPSA) is 48.0 Å². The number of halogens is 2. The quantitative estimate of drug-likeness (QED) is 0.279. The van der Waals surface area contributed by atoms with Crippen LogP contribution in [0, 0.1) is 11.8 Å². The summed E-state index contributed by atoms with van der Waals surface area (Å²) in [7, 11) is 5.44. The molecule has 6 nitrogen and oxygen atoms in total. The molecule has 0 N–H and O–H groups in total. The zero-order chi connectivity index (χ0) is 28.0. The molecule has 2 aromatic carbocycles. The number of nitrogens with zero attached hydrogens (tertiary/aromatic N) is 5. The van der Waals surface area contributed by atoms with Gasteiger partial charge in [-0.1, -0.05) is 20.8 Å². The normalized spacial score (nSPS) is 18.6. The highest BCUT2D eigenvalue weighted by atomic mass is 19.3. The molecular formula is C31H39F2N5O. The van der Waals surface area contributed by atoms with Gasteiger partial charge in [0.15, 0.2) is 0 Å². The Bertz CT molecular complexity index is 1560. The van der Waals surface area contributed by atoms with Crippen LogP contribution in [-0.4, -0.2) is 25.5 Å². The fourth-order valence-corrected chi connectivity index (χ4v) is 6.49. The number of hydrogen-bond acceptors (Lipinski definition) is 3. The third-order valence-corrected chi connectivity index (χ3v) is 8.34. The molecule has 39 heavy (non-hydrogen) atoms. The van der Waals surface area contributed by atoms with E-state index in [2.05, 4.69) is 29.1 Å². The van der Waals surface area contributed by atoms with Crippen molar-refractivity contribution in [3.8, 4) is 11.1 Å². The first kappa shape index (κ1) is 27.2. The Kier molecular flexibility index (Phi) is 7.40. The molecule has 208 valence electrons. The summed E-state index contributed by atoms with van der Waals surface area (Å²) in [5, 5.41) is 4.20. The number of anilines is 2. The molecule has 0 unspecified atom stereocenters. The highest BCUT2D eigenvalue weighted by Gasteiger charge is 2.29. The van der Waals surface area contributed by atoms with Crippen LogP contribution in [0.4, 0.5) is 20.2 Å². The third kappa shape index (κ3) is 4.79. The van der Waals surface area contributed by atoms with Gasteiger partial charge in [0.1, 0.15) is 0 Å². The van der Waals surface area contributed by atoms with Crippen LogP contribution < -0.4 is 10.6 Å². The maximum Gasteiger partial charge on any atom is 0.328 e. The molecule has 0 bridgehead atoms. The Hall–Kier alpha value is -3.42. The van der Waals surface area contributed by atoms with Crippen LogP contribution in [0.2, 0.25) is 0 Å². The summed E-state index contributed by atoms with van der Waals surface area (Å²) in [5.41, 5.74) is 7.12. The van der Waals surface area contributed by atoms with Crippen LogP contribution in [0.1, 0.15) is 63.1 Å². The molecule has 0 radical (unpaired) electrons. The van der Waals surface area contributed by atoms with Crippen molar-refractivity contribution in [3.05, 3.63) is 63.8 Å². The average Bonchev–Trinajstić information content (AvgIpc) is 3.44. The van der Waals surface area contributed by atoms with Gasteiger partial charge in [-0.2, -0.15) is 5.10 Å². The van der Waals surface area contributed by atoms with Crippen LogP contribution in [0.3, 0.4) is 0 Å². The molecule has 1 aliphatic carbocycles. The molecule has 2 aliphatic rings. The van der Waals surface area contributed by atoms with E-state index in [1.54, 1.807) is 39.3 Å². The number of alkyl halides is 2. The lowest BCUT2D eigenvalue weighted by Crippen LogP contribution is -2.26. The maximum atomic E-state index is 14.3. The van der Waals surface area contributed by atoms with Gasteiger partial charge in [0.2, 0.25) is 0 Å². The summed E-state index contributed by atoms with van der Waals surface area (Å²) in [6, 6.07) is 7.84. The highest BCUT2D eigenvalue weighted by molar-refractivity contribution is 5.87. The predicted molar refractivity (Wildman–Crippen MR) is 154 cm³/mol. The van der Waals surface area contributed by atoms with Crippen molar-refractivity contribution < 1.29 is 8.78 Å². The molecule has 1 saturated carbocycles. The van der Waals surface area contributed by atoms with Crippen LogP contribution in [0.25, 0.3) is 22.2 Å². The lowest BCUT2D eigenvalue weighted by Gasteiger charge is -2.35. The lowest BCUT2D eigenvalue weighted by atomic mass is 9.73. The minimum absolute atomic E-state index is 0.0236. The minimum atomic E-state index is -2.60. The zero-order valence-corrected chi connectivity index (χ0v) is 23.8.